The Labute approximate surface area is 133 Å². The second-order valence-corrected chi connectivity index (χ2v) is 5.99. The molecular weight excluding hydrogens is 300 g/mol. The zero-order valence-electron chi connectivity index (χ0n) is 13.3. The molecule has 0 radical (unpaired) electrons. The molecule has 0 aliphatic carbocycles. The molecule has 1 N–H and O–H groups in total. The topological polar surface area (TPSA) is 95.6 Å². The van der Waals surface area contributed by atoms with Crippen LogP contribution in [0.4, 0.5) is 4.79 Å². The largest absolute Gasteiger partial charge is 0.447 e. The third-order valence-electron chi connectivity index (χ3n) is 4.51. The van der Waals surface area contributed by atoms with Gasteiger partial charge < -0.3 is 14.6 Å². The first-order chi connectivity index (χ1) is 11.0. The molecule has 8 heteroatoms. The summed E-state index contributed by atoms with van der Waals surface area (Å²) in [6, 6.07) is -0.0292. The maximum atomic E-state index is 12.4. The highest BCUT2D eigenvalue weighted by molar-refractivity contribution is 5.77. The predicted octanol–water partition coefficient (Wildman–Crippen LogP) is -0.0177. The van der Waals surface area contributed by atoms with Gasteiger partial charge in [-0.15, -0.1) is 0 Å². The standard InChI is InChI=1S/C15H20N4O4/c1-9-12(10(2)17-14(21)16-9)3-4-13(20)18-5-6-19-11(7-18)8-23-15(19)22/h11H,3-8H2,1-2H3,(H,16,17,21). The highest BCUT2D eigenvalue weighted by atomic mass is 16.6. The number of ether oxygens (including phenoxy) is 1. The summed E-state index contributed by atoms with van der Waals surface area (Å²) in [5.41, 5.74) is 1.97. The molecule has 0 spiro atoms. The molecule has 23 heavy (non-hydrogen) atoms. The summed E-state index contributed by atoms with van der Waals surface area (Å²) in [4.78, 5) is 45.2. The number of carbonyl (C=O) groups is 2. The third kappa shape index (κ3) is 3.06. The molecule has 2 aliphatic rings. The molecule has 3 rings (SSSR count). The van der Waals surface area contributed by atoms with Gasteiger partial charge in [-0.05, 0) is 25.8 Å². The van der Waals surface area contributed by atoms with Crippen molar-refractivity contribution in [3.8, 4) is 0 Å². The van der Waals surface area contributed by atoms with Crippen molar-refractivity contribution in [1.82, 2.24) is 19.8 Å². The molecule has 1 atom stereocenters. The molecule has 0 bridgehead atoms. The van der Waals surface area contributed by atoms with Gasteiger partial charge in [0.1, 0.15) is 6.61 Å². The number of fused-ring (bicyclic) bond motifs is 1. The highest BCUT2D eigenvalue weighted by Crippen LogP contribution is 2.19. The summed E-state index contributed by atoms with van der Waals surface area (Å²) >= 11 is 0. The van der Waals surface area contributed by atoms with Crippen molar-refractivity contribution in [3.05, 3.63) is 27.4 Å². The lowest BCUT2D eigenvalue weighted by molar-refractivity contribution is -0.133. The maximum absolute atomic E-state index is 12.4. The van der Waals surface area contributed by atoms with E-state index in [9.17, 15) is 14.4 Å². The lowest BCUT2D eigenvalue weighted by Gasteiger charge is -2.35. The lowest BCUT2D eigenvalue weighted by Crippen LogP contribution is -2.53. The van der Waals surface area contributed by atoms with Gasteiger partial charge in [-0.1, -0.05) is 0 Å². The van der Waals surface area contributed by atoms with E-state index in [-0.39, 0.29) is 23.7 Å². The number of H-pyrrole nitrogens is 1. The van der Waals surface area contributed by atoms with E-state index in [1.165, 1.54) is 0 Å². The minimum atomic E-state index is -0.364. The van der Waals surface area contributed by atoms with Crippen LogP contribution in [0, 0.1) is 13.8 Å². The first-order valence-electron chi connectivity index (χ1n) is 7.73. The number of piperazine rings is 1. The fraction of sp³-hybridized carbons (Fsp3) is 0.600. The Morgan fingerprint density at radius 1 is 1.35 bits per heavy atom. The fourth-order valence-electron chi connectivity index (χ4n) is 3.23. The SMILES string of the molecule is Cc1nc(=O)[nH]c(C)c1CCC(=O)N1CCN2C(=O)OCC2C1. The van der Waals surface area contributed by atoms with Gasteiger partial charge in [-0.2, -0.15) is 4.98 Å². The van der Waals surface area contributed by atoms with Crippen LogP contribution in [0.15, 0.2) is 4.79 Å². The number of cyclic esters (lactones) is 1. The van der Waals surface area contributed by atoms with Crippen molar-refractivity contribution in [3.63, 3.8) is 0 Å². The van der Waals surface area contributed by atoms with Crippen molar-refractivity contribution < 1.29 is 14.3 Å². The van der Waals surface area contributed by atoms with E-state index in [1.54, 1.807) is 16.7 Å². The van der Waals surface area contributed by atoms with E-state index >= 15 is 0 Å². The molecule has 1 aromatic heterocycles. The molecule has 1 unspecified atom stereocenters. The molecule has 3 heterocycles. The lowest BCUT2D eigenvalue weighted by atomic mass is 10.1. The molecular formula is C15H20N4O4. The first kappa shape index (κ1) is 15.5. The van der Waals surface area contributed by atoms with E-state index in [4.69, 9.17) is 4.74 Å². The summed E-state index contributed by atoms with van der Waals surface area (Å²) in [7, 11) is 0. The van der Waals surface area contributed by atoms with Crippen LogP contribution in [-0.4, -0.2) is 64.1 Å². The van der Waals surface area contributed by atoms with E-state index in [2.05, 4.69) is 9.97 Å². The maximum Gasteiger partial charge on any atom is 0.410 e. The Kier molecular flexibility index (Phi) is 4.06. The summed E-state index contributed by atoms with van der Waals surface area (Å²) in [6.07, 6.45) is 0.616. The summed E-state index contributed by atoms with van der Waals surface area (Å²) < 4.78 is 5.01. The van der Waals surface area contributed by atoms with Gasteiger partial charge in [0.05, 0.1) is 6.04 Å². The number of nitrogens with zero attached hydrogens (tertiary/aromatic N) is 3. The zero-order chi connectivity index (χ0) is 16.6. The predicted molar refractivity (Wildman–Crippen MR) is 81.1 cm³/mol. The van der Waals surface area contributed by atoms with Gasteiger partial charge in [0.2, 0.25) is 5.91 Å². The Balaban J connectivity index is 1.60. The number of hydrogen-bond donors (Lipinski definition) is 1. The number of carbonyl (C=O) groups excluding carboxylic acids is 2. The van der Waals surface area contributed by atoms with Gasteiger partial charge in [-0.3, -0.25) is 9.69 Å². The Bertz CT molecular complexity index is 673. The van der Waals surface area contributed by atoms with Crippen molar-refractivity contribution in [2.75, 3.05) is 26.2 Å². The van der Waals surface area contributed by atoms with Crippen LogP contribution in [0.2, 0.25) is 0 Å². The van der Waals surface area contributed by atoms with Gasteiger partial charge in [0.15, 0.2) is 0 Å². The summed E-state index contributed by atoms with van der Waals surface area (Å²) in [5, 5.41) is 0. The van der Waals surface area contributed by atoms with Crippen LogP contribution in [0.3, 0.4) is 0 Å². The molecule has 124 valence electrons. The van der Waals surface area contributed by atoms with Crippen LogP contribution in [0.1, 0.15) is 23.4 Å². The van der Waals surface area contributed by atoms with Crippen molar-refractivity contribution in [2.45, 2.75) is 32.7 Å². The van der Waals surface area contributed by atoms with Crippen LogP contribution in [0.25, 0.3) is 0 Å². The number of aromatic amines is 1. The number of aromatic nitrogens is 2. The molecule has 2 aliphatic heterocycles. The number of aryl methyl sites for hydroxylation is 2. The molecule has 2 amide bonds. The second-order valence-electron chi connectivity index (χ2n) is 5.99. The normalized spacial score (nSPS) is 20.4. The average Bonchev–Trinajstić information content (AvgIpc) is 2.87. The Morgan fingerprint density at radius 3 is 2.87 bits per heavy atom. The van der Waals surface area contributed by atoms with E-state index in [0.29, 0.717) is 44.8 Å². The van der Waals surface area contributed by atoms with Crippen LogP contribution >= 0.6 is 0 Å². The van der Waals surface area contributed by atoms with Gasteiger partial charge in [0.25, 0.3) is 0 Å². The molecule has 2 fully saturated rings. The first-order valence-corrected chi connectivity index (χ1v) is 7.73. The number of rotatable bonds is 3. The minimum absolute atomic E-state index is 0.0292. The Hall–Kier alpha value is -2.38. The number of hydrogen-bond acceptors (Lipinski definition) is 5. The van der Waals surface area contributed by atoms with Crippen LogP contribution in [-0.2, 0) is 16.0 Å². The van der Waals surface area contributed by atoms with Crippen molar-refractivity contribution in [2.24, 2.45) is 0 Å². The van der Waals surface area contributed by atoms with Gasteiger partial charge in [-0.25, -0.2) is 9.59 Å². The number of nitrogens with one attached hydrogen (secondary N) is 1. The highest BCUT2D eigenvalue weighted by Gasteiger charge is 2.38. The third-order valence-corrected chi connectivity index (χ3v) is 4.51. The second kappa shape index (κ2) is 6.02. The van der Waals surface area contributed by atoms with Crippen molar-refractivity contribution >= 4 is 12.0 Å². The molecule has 8 nitrogen and oxygen atoms in total. The molecule has 0 saturated carbocycles. The molecule has 2 saturated heterocycles. The Morgan fingerprint density at radius 2 is 2.13 bits per heavy atom. The number of amides is 2. The summed E-state index contributed by atoms with van der Waals surface area (Å²) in [6.45, 7) is 5.52. The average molecular weight is 320 g/mol. The van der Waals surface area contributed by atoms with E-state index in [1.807, 2.05) is 6.92 Å². The smallest absolute Gasteiger partial charge is 0.410 e. The van der Waals surface area contributed by atoms with Gasteiger partial charge >= 0.3 is 11.8 Å². The van der Waals surface area contributed by atoms with Crippen LogP contribution < -0.4 is 5.69 Å². The summed E-state index contributed by atoms with van der Waals surface area (Å²) in [5.74, 6) is 0.0500. The minimum Gasteiger partial charge on any atom is -0.447 e. The van der Waals surface area contributed by atoms with Crippen molar-refractivity contribution in [1.29, 1.82) is 0 Å². The molecule has 1 aromatic rings. The van der Waals surface area contributed by atoms with Crippen LogP contribution in [0.5, 0.6) is 0 Å². The van der Waals surface area contributed by atoms with E-state index < -0.39 is 0 Å². The van der Waals surface area contributed by atoms with Gasteiger partial charge in [0, 0.05) is 37.4 Å². The quantitative estimate of drug-likeness (QED) is 0.844. The van der Waals surface area contributed by atoms with E-state index in [0.717, 1.165) is 11.3 Å². The molecule has 0 aromatic carbocycles. The fourth-order valence-corrected chi connectivity index (χ4v) is 3.23. The monoisotopic (exact) mass is 320 g/mol. The zero-order valence-corrected chi connectivity index (χ0v) is 13.3.